The average Bonchev–Trinajstić information content (AvgIpc) is 1.58. The number of aromatic nitrogens is 1. The van der Waals surface area contributed by atoms with Gasteiger partial charge in [-0.15, -0.1) is 0 Å². The van der Waals surface area contributed by atoms with Crippen molar-refractivity contribution in [2.24, 2.45) is 5.73 Å². The van der Waals surface area contributed by atoms with Crippen LogP contribution < -0.4 is 53.2 Å². The third-order valence-corrected chi connectivity index (χ3v) is 25.6. The first-order valence-electron chi connectivity index (χ1n) is 42.8. The Hall–Kier alpha value is -11.9. The number of fused-ring (bicyclic) bond motifs is 7. The summed E-state index contributed by atoms with van der Waals surface area (Å²) < 4.78 is 2.36. The Morgan fingerprint density at radius 3 is 1.90 bits per heavy atom. The van der Waals surface area contributed by atoms with Gasteiger partial charge in [-0.05, 0) is 159 Å². The highest BCUT2D eigenvalue weighted by Crippen LogP contribution is 2.51. The van der Waals surface area contributed by atoms with Crippen molar-refractivity contribution in [1.82, 2.24) is 47.5 Å². The number of carbonyl (C=O) groups excluding carboxylic acids is 8. The first-order chi connectivity index (χ1) is 60.0. The van der Waals surface area contributed by atoms with Gasteiger partial charge in [0.25, 0.3) is 0 Å². The number of nitrogens with one attached hydrogen (secondary N) is 9. The number of nitrogens with zero attached hydrogens (tertiary/aromatic N) is 2. The van der Waals surface area contributed by atoms with Crippen molar-refractivity contribution in [2.75, 3.05) is 36.0 Å². The molecular formula is C96H115N12O15S2+. The first kappa shape index (κ1) is 93.8. The molecule has 27 nitrogen and oxygen atoms in total. The molecule has 3 aliphatic heterocycles. The molecule has 16 N–H and O–H groups in total. The van der Waals surface area contributed by atoms with Crippen LogP contribution in [0.5, 0.6) is 5.75 Å². The van der Waals surface area contributed by atoms with E-state index in [1.165, 1.54) is 58.8 Å². The molecular weight excluding hydrogens is 1630 g/mol. The number of aliphatic carboxylic acids is 2. The van der Waals surface area contributed by atoms with Gasteiger partial charge in [0.15, 0.2) is 11.8 Å². The van der Waals surface area contributed by atoms with E-state index in [0.29, 0.717) is 66.2 Å². The molecule has 1 saturated heterocycles. The number of benzene rings is 7. The van der Waals surface area contributed by atoms with E-state index in [1.807, 2.05) is 42.5 Å². The van der Waals surface area contributed by atoms with Gasteiger partial charge in [0.1, 0.15) is 54.6 Å². The van der Waals surface area contributed by atoms with Gasteiger partial charge in [-0.3, -0.25) is 43.2 Å². The van der Waals surface area contributed by atoms with Crippen LogP contribution in [0.2, 0.25) is 0 Å². The summed E-state index contributed by atoms with van der Waals surface area (Å²) in [4.78, 5) is 148. The van der Waals surface area contributed by atoms with Crippen LogP contribution in [0.4, 0.5) is 11.4 Å². The van der Waals surface area contributed by atoms with Crippen molar-refractivity contribution in [3.63, 3.8) is 0 Å². The van der Waals surface area contributed by atoms with Crippen LogP contribution >= 0.6 is 21.6 Å². The summed E-state index contributed by atoms with van der Waals surface area (Å²) in [6.45, 7) is 12.9. The zero-order chi connectivity index (χ0) is 89.5. The van der Waals surface area contributed by atoms with Crippen molar-refractivity contribution in [2.45, 2.75) is 203 Å². The Bertz CT molecular complexity index is 5370. The summed E-state index contributed by atoms with van der Waals surface area (Å²) in [6, 6.07) is 34.8. The molecule has 660 valence electrons. The predicted octanol–water partition coefficient (Wildman–Crippen LogP) is 10.1. The van der Waals surface area contributed by atoms with Gasteiger partial charge in [-0.25, -0.2) is 4.79 Å². The molecule has 0 radical (unpaired) electrons. The number of aliphatic hydroxyl groups is 2. The van der Waals surface area contributed by atoms with Crippen molar-refractivity contribution >= 4 is 130 Å². The number of nitrogens with two attached hydrogens (primary N) is 1. The zero-order valence-corrected chi connectivity index (χ0v) is 73.0. The molecule has 0 aliphatic carbocycles. The molecule has 7 aromatic carbocycles. The fourth-order valence-corrected chi connectivity index (χ4v) is 19.0. The number of carboxylic acid groups (broad SMARTS) is 2. The van der Waals surface area contributed by atoms with E-state index in [4.69, 9.17) is 5.73 Å². The van der Waals surface area contributed by atoms with Gasteiger partial charge in [-0.2, -0.15) is 4.58 Å². The highest BCUT2D eigenvalue weighted by atomic mass is 33.1. The van der Waals surface area contributed by atoms with Gasteiger partial charge in [0, 0.05) is 108 Å². The normalized spacial score (nSPS) is 20.3. The maximum atomic E-state index is 15.4. The number of aliphatic hydroxyl groups excluding tert-OH is 2. The molecule has 0 spiro atoms. The lowest BCUT2D eigenvalue weighted by Crippen LogP contribution is -2.62. The number of anilines is 1. The molecule has 29 heteroatoms. The van der Waals surface area contributed by atoms with E-state index in [1.54, 1.807) is 42.6 Å². The summed E-state index contributed by atoms with van der Waals surface area (Å²) in [6.07, 6.45) is 17.3. The number of amides is 8. The van der Waals surface area contributed by atoms with E-state index >= 15 is 19.2 Å². The van der Waals surface area contributed by atoms with E-state index in [9.17, 15) is 54.3 Å². The van der Waals surface area contributed by atoms with Crippen LogP contribution in [-0.2, 0) is 78.0 Å². The SMILES string of the molecule is C[C@@H](O)[C@H](NC(=O)[C@@H]1CSSC[C@H](NC(=O)[C@@H](Cc2ccccc2)NC(=O)CCCCC[N+]2=C(/C=C/C=C/C=C/C=C3/N(CCCCCC(=O)O)c4ccc5ccccc5c4C3(C)C)C(C)(C)c3c2ccc2ccccc32)C(=O)N[C@@H](Cc2ccc(O)cc2)C(=O)N[C@H](Cc2c[nH]c3ccccc23)C(=O)N[C@@H](CCCCN)C(=O)N[C@H]([C@@H](C)O)C(=O)N1)C(=O)O. The third-order valence-electron chi connectivity index (χ3n) is 23.2. The third kappa shape index (κ3) is 24.4. The Kier molecular flexibility index (Phi) is 33.1. The largest absolute Gasteiger partial charge is 0.508 e. The predicted molar refractivity (Wildman–Crippen MR) is 489 cm³/mol. The fraction of sp³-hybridized carbons (Fsp3) is 0.385. The van der Waals surface area contributed by atoms with Crippen LogP contribution in [0.25, 0.3) is 32.4 Å². The standard InChI is InChI=1S/C96H114N12O15S2/c1-59(109)85-93(121)104-76(92(120)106-86(60(2)110)94(122)123)58-125-124-57-75(91(119)101-73(54-62-42-46-66(111)47-43-62)89(117)102-74(55-65-56-98-70-36-24-23-33-67(65)70)90(118)100-71(87(115)105-85)37-25-26-50-97)103-88(116)72(53-61-29-13-10-14-30-61)99-81(112)40-17-11-27-51-107-77-48-44-63-31-19-21-34-68(63)83(77)95(3,4)79(107)38-15-8-7-9-16-39-80-96(5,6)84-69-35-22-20-32-64(69)45-49-78(84)108(80)52-28-12-18-41-82(113)114/h7-10,13-16,19-24,29-36,38-39,42-49,56,59-60,71-76,85-86,98,109-110H,11-12,17-18,25-28,37,40-41,50-55,57-58,97H2,1-6H3,(H10-,99,100,101,102,103,104,105,106,111,112,113,114,115,116,117,118,119,120,121,122,123)/p+1/t59-,60-,71+,72-,73+,74-,75+,76+,85-,86+/m1/s1. The van der Waals surface area contributed by atoms with Crippen LogP contribution in [0.3, 0.4) is 0 Å². The zero-order valence-electron chi connectivity index (χ0n) is 71.4. The highest BCUT2D eigenvalue weighted by molar-refractivity contribution is 8.76. The Labute approximate surface area is 735 Å². The number of carboxylic acids is 2. The average molecular weight is 1740 g/mol. The van der Waals surface area contributed by atoms with Gasteiger partial charge in [0.05, 0.1) is 17.6 Å². The number of carbonyl (C=O) groups is 10. The molecule has 8 aromatic rings. The lowest BCUT2D eigenvalue weighted by molar-refractivity contribution is -0.438. The van der Waals surface area contributed by atoms with E-state index in [2.05, 4.69) is 176 Å². The molecule has 11 rings (SSSR count). The first-order valence-corrected chi connectivity index (χ1v) is 45.2. The van der Waals surface area contributed by atoms with Gasteiger partial charge < -0.3 is 83.7 Å². The maximum Gasteiger partial charge on any atom is 0.328 e. The van der Waals surface area contributed by atoms with E-state index < -0.39 is 131 Å². The second-order valence-corrected chi connectivity index (χ2v) is 35.7. The number of hydrogen-bond donors (Lipinski definition) is 15. The molecule has 125 heavy (non-hydrogen) atoms. The number of para-hydroxylation sites is 1. The number of aromatic hydroxyl groups is 1. The van der Waals surface area contributed by atoms with Crippen LogP contribution in [0.15, 0.2) is 206 Å². The van der Waals surface area contributed by atoms with Gasteiger partial charge >= 0.3 is 11.9 Å². The molecule has 1 aromatic heterocycles. The van der Waals surface area contributed by atoms with Crippen LogP contribution in [0.1, 0.15) is 140 Å². The summed E-state index contributed by atoms with van der Waals surface area (Å²) in [5.74, 6) is -10.3. The van der Waals surface area contributed by atoms with Crippen molar-refractivity contribution in [1.29, 1.82) is 0 Å². The lowest BCUT2D eigenvalue weighted by atomic mass is 9.79. The second kappa shape index (κ2) is 44.1. The molecule has 1 fully saturated rings. The van der Waals surface area contributed by atoms with Crippen molar-refractivity contribution in [3.8, 4) is 5.75 Å². The summed E-state index contributed by atoms with van der Waals surface area (Å²) in [5, 5.41) is 78.3. The number of hydrogen-bond acceptors (Lipinski definition) is 17. The van der Waals surface area contributed by atoms with Gasteiger partial charge in [0.2, 0.25) is 52.9 Å². The quantitative estimate of drug-likeness (QED) is 0.00771. The molecule has 8 amide bonds. The number of phenols is 1. The van der Waals surface area contributed by atoms with Gasteiger partial charge in [-0.1, -0.05) is 187 Å². The topological polar surface area (TPSA) is 416 Å². The lowest BCUT2D eigenvalue weighted by Gasteiger charge is -2.29. The monoisotopic (exact) mass is 1740 g/mol. The van der Waals surface area contributed by atoms with E-state index in [-0.39, 0.29) is 68.4 Å². The number of aromatic amines is 1. The minimum absolute atomic E-state index is 0.0174. The number of H-pyrrole nitrogens is 1. The molecule has 10 atom stereocenters. The van der Waals surface area contributed by atoms with E-state index in [0.717, 1.165) is 75.8 Å². The smallest absolute Gasteiger partial charge is 0.328 e. The number of unbranched alkanes of at least 4 members (excludes halogenated alkanes) is 5. The molecule has 3 aliphatic rings. The number of rotatable bonds is 34. The minimum Gasteiger partial charge on any atom is -0.508 e. The summed E-state index contributed by atoms with van der Waals surface area (Å²) in [7, 11) is 1.81. The van der Waals surface area contributed by atoms with Crippen LogP contribution in [0, 0.1) is 0 Å². The summed E-state index contributed by atoms with van der Waals surface area (Å²) in [5.41, 5.74) is 14.5. The number of phenolic OH excluding ortho intramolecular Hbond substituents is 1. The molecule has 0 unspecified atom stereocenters. The molecule has 4 heterocycles. The van der Waals surface area contributed by atoms with Crippen molar-refractivity contribution < 1.29 is 78.1 Å². The molecule has 0 bridgehead atoms. The Morgan fingerprint density at radius 2 is 1.21 bits per heavy atom. The number of allylic oxidation sites excluding steroid dienone is 8. The summed E-state index contributed by atoms with van der Waals surface area (Å²) >= 11 is 0. The second-order valence-electron chi connectivity index (χ2n) is 33.2. The highest BCUT2D eigenvalue weighted by Gasteiger charge is 2.46. The molecule has 0 saturated carbocycles. The maximum absolute atomic E-state index is 15.4. The van der Waals surface area contributed by atoms with Crippen LogP contribution in [-0.4, -0.2) is 192 Å². The Balaban J connectivity index is 0.841. The fourth-order valence-electron chi connectivity index (χ4n) is 16.6. The minimum atomic E-state index is -1.88. The van der Waals surface area contributed by atoms with Crippen molar-refractivity contribution in [3.05, 3.63) is 234 Å². The Morgan fingerprint density at radius 1 is 0.592 bits per heavy atom.